The second kappa shape index (κ2) is 10.1. The molecule has 0 fully saturated rings. The maximum Gasteiger partial charge on any atom is 0.260 e. The maximum absolute atomic E-state index is 14.3. The van der Waals surface area contributed by atoms with Gasteiger partial charge in [0.15, 0.2) is 10.9 Å². The van der Waals surface area contributed by atoms with Crippen LogP contribution in [0.3, 0.4) is 0 Å². The number of rotatable bonds is 8. The van der Waals surface area contributed by atoms with E-state index in [4.69, 9.17) is 0 Å². The number of nitrogens with zero attached hydrogens (tertiary/aromatic N) is 4. The van der Waals surface area contributed by atoms with E-state index in [2.05, 4.69) is 22.1 Å². The topological polar surface area (TPSA) is 51.0 Å². The minimum atomic E-state index is -0.737. The molecule has 0 saturated carbocycles. The molecule has 8 heteroatoms. The lowest BCUT2D eigenvalue weighted by Gasteiger charge is -2.20. The normalized spacial score (nSPS) is 11.1. The third-order valence-electron chi connectivity index (χ3n) is 5.69. The van der Waals surface area contributed by atoms with Crippen LogP contribution in [0, 0.1) is 11.6 Å². The molecule has 0 atom stereocenters. The Hall–Kier alpha value is -3.91. The zero-order valence-electron chi connectivity index (χ0n) is 18.8. The van der Waals surface area contributed by atoms with Gasteiger partial charge in [0.2, 0.25) is 0 Å². The molecule has 176 valence electrons. The average molecular weight is 489 g/mol. The van der Waals surface area contributed by atoms with Gasteiger partial charge in [0.1, 0.15) is 11.3 Å². The first-order valence-corrected chi connectivity index (χ1v) is 12.0. The predicted octanol–water partition coefficient (Wildman–Crippen LogP) is 6.10. The number of thiazole rings is 1. The Labute approximate surface area is 205 Å². The van der Waals surface area contributed by atoms with Crippen LogP contribution in [-0.2, 0) is 13.0 Å². The minimum Gasteiger partial charge on any atom is -0.337 e. The number of hydrogen-bond acceptors (Lipinski definition) is 4. The minimum absolute atomic E-state index is 0.0667. The molecule has 2 heterocycles. The Kier molecular flexibility index (Phi) is 6.63. The van der Waals surface area contributed by atoms with Gasteiger partial charge in [-0.3, -0.25) is 9.69 Å². The van der Waals surface area contributed by atoms with Crippen LogP contribution in [0.4, 0.5) is 13.9 Å². The fourth-order valence-electron chi connectivity index (χ4n) is 3.93. The van der Waals surface area contributed by atoms with Crippen LogP contribution in [0.2, 0.25) is 0 Å². The fraction of sp³-hybridized carbons (Fsp3) is 0.148. The summed E-state index contributed by atoms with van der Waals surface area (Å²) in [5.74, 6) is -1.64. The summed E-state index contributed by atoms with van der Waals surface area (Å²) in [4.78, 5) is 23.5. The average Bonchev–Trinajstić information content (AvgIpc) is 3.53. The number of anilines is 1. The summed E-state index contributed by atoms with van der Waals surface area (Å²) >= 11 is 1.10. The zero-order valence-corrected chi connectivity index (χ0v) is 19.6. The summed E-state index contributed by atoms with van der Waals surface area (Å²) in [6, 6.07) is 19.7. The Bertz CT molecular complexity index is 1430. The first kappa shape index (κ1) is 22.9. The molecular formula is C27H22F2N4OS. The molecule has 0 unspecified atom stereocenters. The fourth-order valence-corrected chi connectivity index (χ4v) is 4.96. The lowest BCUT2D eigenvalue weighted by Crippen LogP contribution is -2.32. The van der Waals surface area contributed by atoms with Crippen LogP contribution in [-0.4, -0.2) is 27.0 Å². The number of amides is 1. The van der Waals surface area contributed by atoms with E-state index in [0.29, 0.717) is 34.9 Å². The SMILES string of the molecule is O=C(c1ccc(Cc2ccccc2)cc1)N(CCCn1ccnc1)c1nc2c(F)cc(F)cc2s1. The molecule has 5 rings (SSSR count). The van der Waals surface area contributed by atoms with Gasteiger partial charge in [-0.2, -0.15) is 0 Å². The third kappa shape index (κ3) is 5.27. The summed E-state index contributed by atoms with van der Waals surface area (Å²) in [6.45, 7) is 1.03. The number of imidazole rings is 1. The van der Waals surface area contributed by atoms with Crippen molar-refractivity contribution in [2.24, 2.45) is 0 Å². The van der Waals surface area contributed by atoms with E-state index in [1.165, 1.54) is 11.6 Å². The number of fused-ring (bicyclic) bond motifs is 1. The van der Waals surface area contributed by atoms with Gasteiger partial charge in [-0.05, 0) is 42.2 Å². The summed E-state index contributed by atoms with van der Waals surface area (Å²) in [7, 11) is 0. The van der Waals surface area contributed by atoms with Gasteiger partial charge in [-0.1, -0.05) is 53.8 Å². The van der Waals surface area contributed by atoms with E-state index < -0.39 is 11.6 Å². The molecule has 0 aliphatic carbocycles. The standard InChI is InChI=1S/C27H22F2N4OS/c28-22-16-23(29)25-24(17-22)35-27(31-25)33(13-4-12-32-14-11-30-18-32)26(34)21-9-7-20(8-10-21)15-19-5-2-1-3-6-19/h1-3,5-11,14,16-18H,4,12-13,15H2. The van der Waals surface area contributed by atoms with Crippen molar-refractivity contribution >= 4 is 32.6 Å². The molecule has 0 aliphatic heterocycles. The molecule has 5 nitrogen and oxygen atoms in total. The van der Waals surface area contributed by atoms with Crippen molar-refractivity contribution in [2.75, 3.05) is 11.4 Å². The largest absolute Gasteiger partial charge is 0.337 e. The van der Waals surface area contributed by atoms with Gasteiger partial charge in [-0.15, -0.1) is 0 Å². The number of aryl methyl sites for hydroxylation is 1. The van der Waals surface area contributed by atoms with Crippen LogP contribution in [0.15, 0.2) is 85.5 Å². The van der Waals surface area contributed by atoms with Crippen LogP contribution in [0.1, 0.15) is 27.9 Å². The molecule has 3 aromatic carbocycles. The van der Waals surface area contributed by atoms with Gasteiger partial charge >= 0.3 is 0 Å². The quantitative estimate of drug-likeness (QED) is 0.265. The highest BCUT2D eigenvalue weighted by atomic mass is 32.1. The molecular weight excluding hydrogens is 466 g/mol. The van der Waals surface area contributed by atoms with E-state index in [1.807, 2.05) is 41.1 Å². The summed E-state index contributed by atoms with van der Waals surface area (Å²) in [6.07, 6.45) is 6.68. The van der Waals surface area contributed by atoms with Crippen molar-refractivity contribution in [3.8, 4) is 0 Å². The van der Waals surface area contributed by atoms with E-state index in [0.717, 1.165) is 29.4 Å². The van der Waals surface area contributed by atoms with Crippen molar-refractivity contribution in [3.05, 3.63) is 114 Å². The van der Waals surface area contributed by atoms with Crippen molar-refractivity contribution in [1.82, 2.24) is 14.5 Å². The lowest BCUT2D eigenvalue weighted by molar-refractivity contribution is 0.0986. The van der Waals surface area contributed by atoms with Crippen LogP contribution in [0.25, 0.3) is 10.2 Å². The van der Waals surface area contributed by atoms with Crippen molar-refractivity contribution in [2.45, 2.75) is 19.4 Å². The highest BCUT2D eigenvalue weighted by Crippen LogP contribution is 2.32. The molecule has 35 heavy (non-hydrogen) atoms. The Morgan fingerprint density at radius 2 is 1.77 bits per heavy atom. The van der Waals surface area contributed by atoms with Gasteiger partial charge in [0.25, 0.3) is 5.91 Å². The summed E-state index contributed by atoms with van der Waals surface area (Å²) < 4.78 is 30.3. The van der Waals surface area contributed by atoms with Crippen molar-refractivity contribution in [3.63, 3.8) is 0 Å². The first-order chi connectivity index (χ1) is 17.1. The molecule has 0 N–H and O–H groups in total. The monoisotopic (exact) mass is 488 g/mol. The highest BCUT2D eigenvalue weighted by molar-refractivity contribution is 7.22. The van der Waals surface area contributed by atoms with Gasteiger partial charge in [0, 0.05) is 37.1 Å². The molecule has 0 radical (unpaired) electrons. The highest BCUT2D eigenvalue weighted by Gasteiger charge is 2.22. The maximum atomic E-state index is 14.3. The molecule has 0 aliphatic rings. The van der Waals surface area contributed by atoms with Crippen LogP contribution in [0.5, 0.6) is 0 Å². The van der Waals surface area contributed by atoms with E-state index in [-0.39, 0.29) is 11.4 Å². The van der Waals surface area contributed by atoms with Crippen molar-refractivity contribution in [1.29, 1.82) is 0 Å². The summed E-state index contributed by atoms with van der Waals surface area (Å²) in [5.41, 5.74) is 2.86. The Morgan fingerprint density at radius 3 is 2.51 bits per heavy atom. The van der Waals surface area contributed by atoms with E-state index in [1.54, 1.807) is 29.6 Å². The molecule has 2 aromatic heterocycles. The molecule has 0 saturated heterocycles. The number of carbonyl (C=O) groups excluding carboxylic acids is 1. The van der Waals surface area contributed by atoms with E-state index >= 15 is 0 Å². The Morgan fingerprint density at radius 1 is 1.00 bits per heavy atom. The van der Waals surface area contributed by atoms with Gasteiger partial charge < -0.3 is 4.57 Å². The number of benzene rings is 3. The van der Waals surface area contributed by atoms with Crippen molar-refractivity contribution < 1.29 is 13.6 Å². The summed E-state index contributed by atoms with van der Waals surface area (Å²) in [5, 5.41) is 0.341. The number of aromatic nitrogens is 3. The first-order valence-electron chi connectivity index (χ1n) is 11.2. The molecule has 0 spiro atoms. The number of hydrogen-bond donors (Lipinski definition) is 0. The second-order valence-electron chi connectivity index (χ2n) is 8.20. The second-order valence-corrected chi connectivity index (χ2v) is 9.21. The molecule has 0 bridgehead atoms. The number of halogens is 2. The van der Waals surface area contributed by atoms with Gasteiger partial charge in [-0.25, -0.2) is 18.7 Å². The predicted molar refractivity (Wildman–Crippen MR) is 134 cm³/mol. The number of carbonyl (C=O) groups is 1. The molecule has 1 amide bonds. The van der Waals surface area contributed by atoms with Gasteiger partial charge in [0.05, 0.1) is 11.0 Å². The van der Waals surface area contributed by atoms with Crippen LogP contribution < -0.4 is 4.90 Å². The molecule has 5 aromatic rings. The smallest absolute Gasteiger partial charge is 0.260 e. The zero-order chi connectivity index (χ0) is 24.2. The Balaban J connectivity index is 1.40. The van der Waals surface area contributed by atoms with Crippen LogP contribution >= 0.6 is 11.3 Å². The lowest BCUT2D eigenvalue weighted by atomic mass is 10.0. The third-order valence-corrected chi connectivity index (χ3v) is 6.71. The van der Waals surface area contributed by atoms with E-state index in [9.17, 15) is 13.6 Å².